The van der Waals surface area contributed by atoms with Gasteiger partial charge in [0.05, 0.1) is 11.0 Å². The first-order chi connectivity index (χ1) is 7.33. The average molecular weight is 240 g/mol. The van der Waals surface area contributed by atoms with E-state index in [1.54, 1.807) is 38.1 Å². The minimum Gasteiger partial charge on any atom is -0.384 e. The fraction of sp³-hybridized carbons (Fsp3) is 0.364. The van der Waals surface area contributed by atoms with E-state index in [9.17, 15) is 8.42 Å². The van der Waals surface area contributed by atoms with Crippen molar-refractivity contribution in [1.29, 1.82) is 5.41 Å². The van der Waals surface area contributed by atoms with Gasteiger partial charge in [0.25, 0.3) is 0 Å². The van der Waals surface area contributed by atoms with Crippen molar-refractivity contribution in [3.05, 3.63) is 35.4 Å². The third kappa shape index (κ3) is 3.06. The monoisotopic (exact) mass is 240 g/mol. The zero-order valence-electron chi connectivity index (χ0n) is 9.40. The van der Waals surface area contributed by atoms with Gasteiger partial charge in [0.1, 0.15) is 5.84 Å². The molecule has 88 valence electrons. The van der Waals surface area contributed by atoms with Crippen molar-refractivity contribution in [3.8, 4) is 0 Å². The van der Waals surface area contributed by atoms with Crippen molar-refractivity contribution < 1.29 is 8.42 Å². The van der Waals surface area contributed by atoms with Gasteiger partial charge in [-0.1, -0.05) is 24.3 Å². The fourth-order valence-corrected chi connectivity index (χ4v) is 2.17. The van der Waals surface area contributed by atoms with E-state index in [1.807, 2.05) is 0 Å². The molecule has 16 heavy (non-hydrogen) atoms. The van der Waals surface area contributed by atoms with E-state index < -0.39 is 9.84 Å². The Labute approximate surface area is 95.9 Å². The third-order valence-corrected chi connectivity index (χ3v) is 4.52. The summed E-state index contributed by atoms with van der Waals surface area (Å²) in [5.41, 5.74) is 6.63. The van der Waals surface area contributed by atoms with Crippen molar-refractivity contribution in [2.75, 3.05) is 0 Å². The molecule has 1 aromatic carbocycles. The first-order valence-corrected chi connectivity index (χ1v) is 6.69. The van der Waals surface area contributed by atoms with E-state index >= 15 is 0 Å². The third-order valence-electron chi connectivity index (χ3n) is 2.35. The number of nitrogens with one attached hydrogen (secondary N) is 1. The van der Waals surface area contributed by atoms with E-state index in [-0.39, 0.29) is 16.8 Å². The Morgan fingerprint density at radius 1 is 1.31 bits per heavy atom. The first-order valence-electron chi connectivity index (χ1n) is 4.98. The van der Waals surface area contributed by atoms with Crippen LogP contribution in [0.5, 0.6) is 0 Å². The zero-order chi connectivity index (χ0) is 12.3. The van der Waals surface area contributed by atoms with Crippen LogP contribution >= 0.6 is 0 Å². The number of amidine groups is 1. The summed E-state index contributed by atoms with van der Waals surface area (Å²) in [6, 6.07) is 6.70. The molecule has 0 saturated heterocycles. The summed E-state index contributed by atoms with van der Waals surface area (Å²) in [5.74, 6) is 0.0151. The van der Waals surface area contributed by atoms with Gasteiger partial charge in [-0.05, 0) is 19.4 Å². The lowest BCUT2D eigenvalue weighted by Crippen LogP contribution is -2.16. The number of hydrogen-bond donors (Lipinski definition) is 2. The van der Waals surface area contributed by atoms with Gasteiger partial charge < -0.3 is 5.73 Å². The van der Waals surface area contributed by atoms with Gasteiger partial charge >= 0.3 is 0 Å². The lowest BCUT2D eigenvalue weighted by Gasteiger charge is -2.08. The van der Waals surface area contributed by atoms with Crippen LogP contribution in [0.2, 0.25) is 0 Å². The molecule has 0 saturated carbocycles. The van der Waals surface area contributed by atoms with Gasteiger partial charge in [-0.15, -0.1) is 0 Å². The Morgan fingerprint density at radius 3 is 2.19 bits per heavy atom. The van der Waals surface area contributed by atoms with Gasteiger partial charge in [-0.2, -0.15) is 0 Å². The highest BCUT2D eigenvalue weighted by Gasteiger charge is 2.16. The van der Waals surface area contributed by atoms with Gasteiger partial charge in [0, 0.05) is 5.56 Å². The molecule has 0 bridgehead atoms. The standard InChI is InChI=1S/C11H16N2O2S/c1-8(2)16(14,15)7-9-3-5-10(6-4-9)11(12)13/h3-6,8H,7H2,1-2H3,(H3,12,13). The van der Waals surface area contributed by atoms with Crippen LogP contribution < -0.4 is 5.73 Å². The summed E-state index contributed by atoms with van der Waals surface area (Å²) in [6.45, 7) is 3.33. The minimum atomic E-state index is -3.07. The topological polar surface area (TPSA) is 84.0 Å². The zero-order valence-corrected chi connectivity index (χ0v) is 10.2. The second-order valence-electron chi connectivity index (χ2n) is 3.97. The Balaban J connectivity index is 2.89. The van der Waals surface area contributed by atoms with Crippen molar-refractivity contribution in [2.24, 2.45) is 5.73 Å². The van der Waals surface area contributed by atoms with Crippen LogP contribution in [0, 0.1) is 5.41 Å². The van der Waals surface area contributed by atoms with Crippen LogP contribution in [-0.2, 0) is 15.6 Å². The van der Waals surface area contributed by atoms with Crippen molar-refractivity contribution in [3.63, 3.8) is 0 Å². The minimum absolute atomic E-state index is 0.0155. The maximum absolute atomic E-state index is 11.7. The number of nitrogen functional groups attached to an aromatic ring is 1. The molecule has 0 aromatic heterocycles. The molecule has 0 unspecified atom stereocenters. The SMILES string of the molecule is CC(C)S(=O)(=O)Cc1ccc(C(=N)N)cc1. The number of benzene rings is 1. The summed E-state index contributed by atoms with van der Waals surface area (Å²) in [7, 11) is -3.07. The molecule has 0 amide bonds. The fourth-order valence-electron chi connectivity index (χ4n) is 1.18. The molecule has 0 aliphatic rings. The molecule has 0 fully saturated rings. The second kappa shape index (κ2) is 4.65. The highest BCUT2D eigenvalue weighted by Crippen LogP contribution is 2.11. The largest absolute Gasteiger partial charge is 0.384 e. The first kappa shape index (κ1) is 12.7. The molecule has 0 spiro atoms. The molecule has 0 aliphatic carbocycles. The maximum atomic E-state index is 11.7. The van der Waals surface area contributed by atoms with Crippen LogP contribution in [-0.4, -0.2) is 19.5 Å². The number of rotatable bonds is 4. The quantitative estimate of drug-likeness (QED) is 0.614. The second-order valence-corrected chi connectivity index (χ2v) is 6.52. The molecule has 0 aliphatic heterocycles. The summed E-state index contributed by atoms with van der Waals surface area (Å²) in [4.78, 5) is 0. The van der Waals surface area contributed by atoms with Crippen LogP contribution in [0.3, 0.4) is 0 Å². The smallest absolute Gasteiger partial charge is 0.156 e. The van der Waals surface area contributed by atoms with Gasteiger partial charge in [-0.25, -0.2) is 8.42 Å². The van der Waals surface area contributed by atoms with Crippen molar-refractivity contribution >= 4 is 15.7 Å². The highest BCUT2D eigenvalue weighted by molar-refractivity contribution is 7.91. The van der Waals surface area contributed by atoms with Crippen LogP contribution in [0.25, 0.3) is 0 Å². The molecule has 1 aromatic rings. The van der Waals surface area contributed by atoms with Crippen LogP contribution in [0.15, 0.2) is 24.3 Å². The van der Waals surface area contributed by atoms with Crippen LogP contribution in [0.1, 0.15) is 25.0 Å². The summed E-state index contributed by atoms with van der Waals surface area (Å²) >= 11 is 0. The molecule has 1 rings (SSSR count). The molecule has 4 nitrogen and oxygen atoms in total. The Bertz CT molecular complexity index is 475. The average Bonchev–Trinajstić information content (AvgIpc) is 2.17. The lowest BCUT2D eigenvalue weighted by atomic mass is 10.1. The molecular formula is C11H16N2O2S. The van der Waals surface area contributed by atoms with Crippen LogP contribution in [0.4, 0.5) is 0 Å². The van der Waals surface area contributed by atoms with E-state index in [1.165, 1.54) is 0 Å². The highest BCUT2D eigenvalue weighted by atomic mass is 32.2. The number of nitrogens with two attached hydrogens (primary N) is 1. The molecule has 5 heteroatoms. The predicted octanol–water partition coefficient (Wildman–Crippen LogP) is 1.29. The molecule has 3 N–H and O–H groups in total. The van der Waals surface area contributed by atoms with Crippen molar-refractivity contribution in [2.45, 2.75) is 24.9 Å². The van der Waals surface area contributed by atoms with Gasteiger partial charge in [0.2, 0.25) is 0 Å². The van der Waals surface area contributed by atoms with Gasteiger partial charge in [0.15, 0.2) is 9.84 Å². The number of sulfone groups is 1. The Hall–Kier alpha value is -1.36. The number of hydrogen-bond acceptors (Lipinski definition) is 3. The molecular weight excluding hydrogens is 224 g/mol. The summed E-state index contributed by atoms with van der Waals surface area (Å²) in [6.07, 6.45) is 0. The lowest BCUT2D eigenvalue weighted by molar-refractivity contribution is 0.586. The van der Waals surface area contributed by atoms with E-state index in [4.69, 9.17) is 11.1 Å². The predicted molar refractivity (Wildman–Crippen MR) is 65.2 cm³/mol. The van der Waals surface area contributed by atoms with E-state index in [0.717, 1.165) is 5.56 Å². The van der Waals surface area contributed by atoms with E-state index in [2.05, 4.69) is 0 Å². The van der Waals surface area contributed by atoms with Gasteiger partial charge in [-0.3, -0.25) is 5.41 Å². The maximum Gasteiger partial charge on any atom is 0.156 e. The molecule has 0 heterocycles. The van der Waals surface area contributed by atoms with Crippen molar-refractivity contribution in [1.82, 2.24) is 0 Å². The Morgan fingerprint density at radius 2 is 1.81 bits per heavy atom. The molecule has 0 atom stereocenters. The van der Waals surface area contributed by atoms with E-state index in [0.29, 0.717) is 5.56 Å². The normalized spacial score (nSPS) is 11.7. The summed E-state index contributed by atoms with van der Waals surface area (Å²) in [5, 5.41) is 6.84. The Kier molecular flexibility index (Phi) is 3.70. The summed E-state index contributed by atoms with van der Waals surface area (Å²) < 4.78 is 23.3. The molecule has 0 radical (unpaired) electrons.